The summed E-state index contributed by atoms with van der Waals surface area (Å²) in [5.74, 6) is -0.739. The molecule has 2 aromatic rings. The molecule has 0 heterocycles. The minimum atomic E-state index is -0.739. The van der Waals surface area contributed by atoms with Crippen LogP contribution in [0.25, 0.3) is 10.8 Å². The summed E-state index contributed by atoms with van der Waals surface area (Å²) in [6, 6.07) is 15.0. The van der Waals surface area contributed by atoms with E-state index in [1.807, 2.05) is 19.1 Å². The second-order valence-corrected chi connectivity index (χ2v) is 5.29. The van der Waals surface area contributed by atoms with Crippen molar-refractivity contribution in [2.75, 3.05) is 0 Å². The Morgan fingerprint density at radius 2 is 1.85 bits per heavy atom. The van der Waals surface area contributed by atoms with Crippen molar-refractivity contribution >= 4 is 16.7 Å². The topological polar surface area (TPSA) is 49.3 Å². The van der Waals surface area contributed by atoms with E-state index >= 15 is 0 Å². The second kappa shape index (κ2) is 6.53. The van der Waals surface area contributed by atoms with Crippen molar-refractivity contribution in [3.63, 3.8) is 0 Å². The Labute approximate surface area is 119 Å². The fraction of sp³-hybridized carbons (Fsp3) is 0.353. The highest BCUT2D eigenvalue weighted by molar-refractivity contribution is 5.86. The van der Waals surface area contributed by atoms with Crippen LogP contribution in [0.3, 0.4) is 0 Å². The Bertz CT molecular complexity index is 589. The Morgan fingerprint density at radius 1 is 1.15 bits per heavy atom. The molecule has 0 radical (unpaired) electrons. The molecule has 3 nitrogen and oxygen atoms in total. The molecule has 2 unspecified atom stereocenters. The van der Waals surface area contributed by atoms with E-state index in [1.54, 1.807) is 0 Å². The predicted octanol–water partition coefficient (Wildman–Crippen LogP) is 3.74. The number of carbonyl (C=O) groups is 1. The molecule has 20 heavy (non-hydrogen) atoms. The minimum absolute atomic E-state index is 0.181. The van der Waals surface area contributed by atoms with Crippen molar-refractivity contribution < 1.29 is 9.90 Å². The van der Waals surface area contributed by atoms with E-state index in [9.17, 15) is 4.79 Å². The summed E-state index contributed by atoms with van der Waals surface area (Å²) in [5.41, 5.74) is 1.25. The van der Waals surface area contributed by atoms with E-state index < -0.39 is 5.97 Å². The molecule has 0 spiro atoms. The van der Waals surface area contributed by atoms with E-state index in [-0.39, 0.29) is 18.5 Å². The Hall–Kier alpha value is -1.87. The van der Waals surface area contributed by atoms with Gasteiger partial charge >= 0.3 is 5.97 Å². The van der Waals surface area contributed by atoms with Gasteiger partial charge in [-0.2, -0.15) is 0 Å². The van der Waals surface area contributed by atoms with Gasteiger partial charge in [0.05, 0.1) is 0 Å². The molecule has 106 valence electrons. The van der Waals surface area contributed by atoms with Crippen LogP contribution in [0.2, 0.25) is 0 Å². The van der Waals surface area contributed by atoms with Gasteiger partial charge in [-0.15, -0.1) is 0 Å². The van der Waals surface area contributed by atoms with Crippen LogP contribution in [0.5, 0.6) is 0 Å². The van der Waals surface area contributed by atoms with Crippen LogP contribution >= 0.6 is 0 Å². The maximum atomic E-state index is 10.6. The van der Waals surface area contributed by atoms with Crippen molar-refractivity contribution in [1.29, 1.82) is 0 Å². The molecule has 2 atom stereocenters. The Kier molecular flexibility index (Phi) is 4.74. The molecule has 2 rings (SSSR count). The first-order chi connectivity index (χ1) is 9.58. The molecular weight excluding hydrogens is 250 g/mol. The molecule has 0 aromatic heterocycles. The summed E-state index contributed by atoms with van der Waals surface area (Å²) in [6.45, 7) is 4.16. The summed E-state index contributed by atoms with van der Waals surface area (Å²) in [7, 11) is 0. The van der Waals surface area contributed by atoms with E-state index in [1.165, 1.54) is 16.3 Å². The van der Waals surface area contributed by atoms with Crippen molar-refractivity contribution in [3.8, 4) is 0 Å². The number of carboxylic acid groups (broad SMARTS) is 1. The van der Waals surface area contributed by atoms with Crippen LogP contribution in [0.4, 0.5) is 0 Å². The zero-order chi connectivity index (χ0) is 14.5. The number of nitrogens with one attached hydrogen (secondary N) is 1. The fourth-order valence-electron chi connectivity index (χ4n) is 2.57. The molecule has 3 heteroatoms. The van der Waals surface area contributed by atoms with Crippen LogP contribution in [-0.2, 0) is 4.79 Å². The number of fused-ring (bicyclic) bond motifs is 1. The molecule has 0 saturated carbocycles. The van der Waals surface area contributed by atoms with Gasteiger partial charge in [0, 0.05) is 18.5 Å². The van der Waals surface area contributed by atoms with Crippen LogP contribution < -0.4 is 5.32 Å². The average molecular weight is 271 g/mol. The summed E-state index contributed by atoms with van der Waals surface area (Å²) in [6.07, 6.45) is 0.848. The van der Waals surface area contributed by atoms with E-state index in [0.29, 0.717) is 6.42 Å². The lowest BCUT2D eigenvalue weighted by molar-refractivity contribution is -0.137. The maximum Gasteiger partial charge on any atom is 0.303 e. The third kappa shape index (κ3) is 3.58. The third-order valence-corrected chi connectivity index (χ3v) is 3.62. The molecule has 0 amide bonds. The lowest BCUT2D eigenvalue weighted by Gasteiger charge is -2.21. The Balaban J connectivity index is 2.11. The molecule has 0 aliphatic rings. The van der Waals surface area contributed by atoms with Gasteiger partial charge < -0.3 is 10.4 Å². The SMILES string of the molecule is CC(CCC(=O)O)NC(C)c1cccc2ccccc12. The monoisotopic (exact) mass is 271 g/mol. The van der Waals surface area contributed by atoms with Crippen LogP contribution in [0, 0.1) is 0 Å². The molecule has 0 aliphatic heterocycles. The quantitative estimate of drug-likeness (QED) is 0.841. The van der Waals surface area contributed by atoms with Crippen LogP contribution in [0.1, 0.15) is 38.3 Å². The average Bonchev–Trinajstić information content (AvgIpc) is 2.44. The van der Waals surface area contributed by atoms with Gasteiger partial charge in [-0.05, 0) is 36.6 Å². The van der Waals surface area contributed by atoms with E-state index in [0.717, 1.165) is 0 Å². The molecule has 0 saturated heterocycles. The molecule has 0 aliphatic carbocycles. The fourth-order valence-corrected chi connectivity index (χ4v) is 2.57. The third-order valence-electron chi connectivity index (χ3n) is 3.62. The summed E-state index contributed by atoms with van der Waals surface area (Å²) in [5, 5.41) is 14.7. The summed E-state index contributed by atoms with van der Waals surface area (Å²) < 4.78 is 0. The molecule has 0 fully saturated rings. The highest BCUT2D eigenvalue weighted by Gasteiger charge is 2.12. The van der Waals surface area contributed by atoms with Gasteiger partial charge in [-0.3, -0.25) is 4.79 Å². The minimum Gasteiger partial charge on any atom is -0.481 e. The largest absolute Gasteiger partial charge is 0.481 e. The highest BCUT2D eigenvalue weighted by Crippen LogP contribution is 2.24. The van der Waals surface area contributed by atoms with Crippen molar-refractivity contribution in [2.24, 2.45) is 0 Å². The zero-order valence-corrected chi connectivity index (χ0v) is 12.0. The Morgan fingerprint density at radius 3 is 2.60 bits per heavy atom. The van der Waals surface area contributed by atoms with Gasteiger partial charge in [-0.1, -0.05) is 42.5 Å². The number of aliphatic carboxylic acids is 1. The maximum absolute atomic E-state index is 10.6. The van der Waals surface area contributed by atoms with Gasteiger partial charge in [0.1, 0.15) is 0 Å². The zero-order valence-electron chi connectivity index (χ0n) is 12.0. The smallest absolute Gasteiger partial charge is 0.303 e. The van der Waals surface area contributed by atoms with Gasteiger partial charge in [0.2, 0.25) is 0 Å². The number of benzene rings is 2. The van der Waals surface area contributed by atoms with Crippen molar-refractivity contribution in [2.45, 2.75) is 38.8 Å². The molecule has 0 bridgehead atoms. The van der Waals surface area contributed by atoms with Gasteiger partial charge in [0.25, 0.3) is 0 Å². The standard InChI is InChI=1S/C17H21NO2/c1-12(10-11-17(19)20)18-13(2)15-9-5-7-14-6-3-4-8-16(14)15/h3-9,12-13,18H,10-11H2,1-2H3,(H,19,20). The molecule has 2 aromatic carbocycles. The summed E-state index contributed by atoms with van der Waals surface area (Å²) >= 11 is 0. The molecular formula is C17H21NO2. The van der Waals surface area contributed by atoms with Crippen LogP contribution in [-0.4, -0.2) is 17.1 Å². The highest BCUT2D eigenvalue weighted by atomic mass is 16.4. The first-order valence-corrected chi connectivity index (χ1v) is 7.03. The first kappa shape index (κ1) is 14.5. The van der Waals surface area contributed by atoms with Crippen molar-refractivity contribution in [3.05, 3.63) is 48.0 Å². The van der Waals surface area contributed by atoms with Crippen molar-refractivity contribution in [1.82, 2.24) is 5.32 Å². The van der Waals surface area contributed by atoms with Gasteiger partial charge in [-0.25, -0.2) is 0 Å². The van der Waals surface area contributed by atoms with E-state index in [2.05, 4.69) is 42.6 Å². The molecule has 2 N–H and O–H groups in total. The normalized spacial score (nSPS) is 14.1. The predicted molar refractivity (Wildman–Crippen MR) is 81.8 cm³/mol. The van der Waals surface area contributed by atoms with Crippen LogP contribution in [0.15, 0.2) is 42.5 Å². The first-order valence-electron chi connectivity index (χ1n) is 7.03. The number of rotatable bonds is 6. The lowest BCUT2D eigenvalue weighted by atomic mass is 9.99. The second-order valence-electron chi connectivity index (χ2n) is 5.29. The number of hydrogen-bond donors (Lipinski definition) is 2. The van der Waals surface area contributed by atoms with E-state index in [4.69, 9.17) is 5.11 Å². The number of carboxylic acids is 1. The number of hydrogen-bond acceptors (Lipinski definition) is 2. The summed E-state index contributed by atoms with van der Waals surface area (Å²) in [4.78, 5) is 10.6. The van der Waals surface area contributed by atoms with Gasteiger partial charge in [0.15, 0.2) is 0 Å². The lowest BCUT2D eigenvalue weighted by Crippen LogP contribution is -2.29.